The number of rotatable bonds is 19. The Balaban J connectivity index is 1.57. The second-order valence-corrected chi connectivity index (χ2v) is 14.2. The summed E-state index contributed by atoms with van der Waals surface area (Å²) in [7, 11) is 0. The maximum absolute atomic E-state index is 14.5. The molecule has 2 aromatic carbocycles. The van der Waals surface area contributed by atoms with Gasteiger partial charge in [-0.15, -0.1) is 13.2 Å². The van der Waals surface area contributed by atoms with E-state index in [-0.39, 0.29) is 69.7 Å². The van der Waals surface area contributed by atoms with Crippen LogP contribution < -0.4 is 14.2 Å². The maximum Gasteiger partial charge on any atom is 0.410 e. The molecular weight excluding hydrogens is 692 g/mol. The van der Waals surface area contributed by atoms with E-state index in [9.17, 15) is 20.1 Å². The molecule has 1 amide bonds. The Hall–Kier alpha value is -4.52. The van der Waals surface area contributed by atoms with Crippen LogP contribution >= 0.6 is 0 Å². The zero-order valence-corrected chi connectivity index (χ0v) is 31.2. The molecule has 0 radical (unpaired) electrons. The molecule has 1 fully saturated rings. The molecule has 2 heterocycles. The van der Waals surface area contributed by atoms with Gasteiger partial charge >= 0.3 is 6.09 Å². The third-order valence-corrected chi connectivity index (χ3v) is 10.9. The van der Waals surface area contributed by atoms with Gasteiger partial charge < -0.3 is 43.8 Å². The van der Waals surface area contributed by atoms with Crippen molar-refractivity contribution in [3.05, 3.63) is 84.5 Å². The number of aromatic hydroxyl groups is 1. The number of carbonyl (C=O) groups excluding carboxylic acids is 1. The van der Waals surface area contributed by atoms with Gasteiger partial charge in [-0.25, -0.2) is 4.79 Å². The van der Waals surface area contributed by atoms with Crippen LogP contribution in [0.25, 0.3) is 0 Å². The van der Waals surface area contributed by atoms with E-state index in [1.807, 2.05) is 25.1 Å². The van der Waals surface area contributed by atoms with Crippen molar-refractivity contribution < 1.29 is 48.6 Å². The van der Waals surface area contributed by atoms with Gasteiger partial charge in [-0.2, -0.15) is 0 Å². The number of carbonyl (C=O) groups is 1. The van der Waals surface area contributed by atoms with Crippen LogP contribution in [0.15, 0.2) is 78.5 Å². The van der Waals surface area contributed by atoms with Crippen molar-refractivity contribution in [1.82, 2.24) is 4.90 Å². The third-order valence-electron chi connectivity index (χ3n) is 10.9. The number of oxime groups is 1. The minimum Gasteiger partial charge on any atom is -0.508 e. The second kappa shape index (κ2) is 18.2. The molecule has 0 saturated heterocycles. The van der Waals surface area contributed by atoms with E-state index in [0.29, 0.717) is 48.8 Å². The van der Waals surface area contributed by atoms with Crippen molar-refractivity contribution in [3.8, 4) is 23.0 Å². The number of nitrogens with zero attached hydrogens (tertiary/aromatic N) is 2. The van der Waals surface area contributed by atoms with Crippen LogP contribution in [-0.2, 0) is 20.9 Å². The van der Waals surface area contributed by atoms with Crippen LogP contribution in [0.2, 0.25) is 0 Å². The largest absolute Gasteiger partial charge is 0.508 e. The van der Waals surface area contributed by atoms with E-state index < -0.39 is 23.8 Å². The lowest BCUT2D eigenvalue weighted by Gasteiger charge is -2.59. The first kappa shape index (κ1) is 39.2. The van der Waals surface area contributed by atoms with E-state index in [0.717, 1.165) is 42.4 Å². The van der Waals surface area contributed by atoms with Gasteiger partial charge in [-0.1, -0.05) is 42.3 Å². The van der Waals surface area contributed by atoms with Crippen molar-refractivity contribution in [3.63, 3.8) is 0 Å². The number of aliphatic hydroxyl groups excluding tert-OH is 2. The summed E-state index contributed by atoms with van der Waals surface area (Å²) >= 11 is 0. The number of ether oxygens (including phenoxy) is 5. The standard InChI is InChI=1S/C42H54N2O10/c1-4-7-21-49-41(48)44(26-28-14-16-36-37(22-28)51-27-50-36)38-25-34(43-53-6-3)32-23-29(12-8-10-18-45)31(13-9-11-19-46)39-33-24-30(47)15-17-35(33)54-42(38,40(32)39)52-20-5-2/h4-5,14-17,22-24,29,31,38-40,45-47H,1-2,6-13,18-21,25-27H2,3H3/t29-,31+,38-,39+,40+,42+/m0/s1. The Labute approximate surface area is 317 Å². The van der Waals surface area contributed by atoms with Crippen LogP contribution in [0, 0.1) is 17.8 Å². The summed E-state index contributed by atoms with van der Waals surface area (Å²) in [5.41, 5.74) is 3.23. The molecular formula is C42H54N2O10. The molecule has 54 heavy (non-hydrogen) atoms. The average molecular weight is 747 g/mol. The highest BCUT2D eigenvalue weighted by atomic mass is 16.7. The van der Waals surface area contributed by atoms with Crippen LogP contribution in [0.5, 0.6) is 23.0 Å². The summed E-state index contributed by atoms with van der Waals surface area (Å²) in [5, 5.41) is 35.2. The monoisotopic (exact) mass is 746 g/mol. The molecule has 0 aromatic heterocycles. The highest BCUT2D eigenvalue weighted by Crippen LogP contribution is 2.62. The minimum atomic E-state index is -1.46. The topological polar surface area (TPSA) is 149 Å². The van der Waals surface area contributed by atoms with Gasteiger partial charge in [0, 0.05) is 37.7 Å². The number of allylic oxidation sites excluding steroid dienone is 1. The molecule has 2 aliphatic carbocycles. The first-order chi connectivity index (χ1) is 26.4. The predicted molar refractivity (Wildman–Crippen MR) is 203 cm³/mol. The molecule has 0 unspecified atom stereocenters. The summed E-state index contributed by atoms with van der Waals surface area (Å²) < 4.78 is 31.3. The van der Waals surface area contributed by atoms with Crippen molar-refractivity contribution in [1.29, 1.82) is 0 Å². The predicted octanol–water partition coefficient (Wildman–Crippen LogP) is 6.99. The molecule has 0 bridgehead atoms. The van der Waals surface area contributed by atoms with Gasteiger partial charge in [-0.05, 0) is 92.3 Å². The Kier molecular flexibility index (Phi) is 13.2. The highest BCUT2D eigenvalue weighted by Gasteiger charge is 2.65. The lowest BCUT2D eigenvalue weighted by atomic mass is 9.55. The normalized spacial score (nSPS) is 25.5. The number of hydrogen-bond acceptors (Lipinski definition) is 11. The van der Waals surface area contributed by atoms with Crippen molar-refractivity contribution in [2.45, 2.75) is 82.6 Å². The van der Waals surface area contributed by atoms with Gasteiger partial charge in [0.15, 0.2) is 11.5 Å². The zero-order chi connectivity index (χ0) is 38.1. The van der Waals surface area contributed by atoms with Crippen LogP contribution in [0.1, 0.15) is 75.3 Å². The Bertz CT molecular complexity index is 1690. The van der Waals surface area contributed by atoms with Gasteiger partial charge in [0.25, 0.3) is 0 Å². The fraction of sp³-hybridized carbons (Fsp3) is 0.524. The number of unbranched alkanes of at least 4 members (excludes halogenated alkanes) is 2. The Morgan fingerprint density at radius 2 is 1.80 bits per heavy atom. The molecule has 1 saturated carbocycles. The minimum absolute atomic E-state index is 0.0362. The quantitative estimate of drug-likeness (QED) is 0.0781. The van der Waals surface area contributed by atoms with E-state index in [1.165, 1.54) is 0 Å². The number of fused-ring (bicyclic) bond motifs is 3. The van der Waals surface area contributed by atoms with Gasteiger partial charge in [-0.3, -0.25) is 4.90 Å². The lowest BCUT2D eigenvalue weighted by Crippen LogP contribution is -2.70. The van der Waals surface area contributed by atoms with Crippen molar-refractivity contribution in [2.75, 3.05) is 39.8 Å². The molecule has 4 aliphatic rings. The molecule has 292 valence electrons. The molecule has 6 rings (SSSR count). The van der Waals surface area contributed by atoms with Crippen LogP contribution in [0.4, 0.5) is 4.79 Å². The number of benzene rings is 2. The smallest absolute Gasteiger partial charge is 0.410 e. The van der Waals surface area contributed by atoms with E-state index in [4.69, 9.17) is 33.7 Å². The van der Waals surface area contributed by atoms with Gasteiger partial charge in [0.1, 0.15) is 24.1 Å². The molecule has 12 heteroatoms. The SMILES string of the molecule is C=CCCOC(=O)N(Cc1ccc2c(c1)OCO2)[C@H]1CC(=NOCC)C2=C[C@H](CCCCO)[C@@H](CCCCO)[C@@H]3c4cc(O)ccc4O[C@@]1(OCC=C)[C@H]23. The first-order valence-electron chi connectivity index (χ1n) is 19.2. The first-order valence-corrected chi connectivity index (χ1v) is 19.2. The number of phenols is 1. The lowest BCUT2D eigenvalue weighted by molar-refractivity contribution is -0.256. The van der Waals surface area contributed by atoms with Crippen LogP contribution in [-0.4, -0.2) is 83.7 Å². The summed E-state index contributed by atoms with van der Waals surface area (Å²) in [6, 6.07) is 9.97. The van der Waals surface area contributed by atoms with Gasteiger partial charge in [0.2, 0.25) is 12.6 Å². The second-order valence-electron chi connectivity index (χ2n) is 14.2. The third kappa shape index (κ3) is 8.11. The summed E-state index contributed by atoms with van der Waals surface area (Å²) in [5.74, 6) is -0.207. The molecule has 6 atom stereocenters. The molecule has 3 N–H and O–H groups in total. The van der Waals surface area contributed by atoms with Crippen LogP contribution in [0.3, 0.4) is 0 Å². The zero-order valence-electron chi connectivity index (χ0n) is 31.2. The maximum atomic E-state index is 14.5. The summed E-state index contributed by atoms with van der Waals surface area (Å²) in [6.45, 7) is 10.7. The molecule has 12 nitrogen and oxygen atoms in total. The number of hydrogen-bond donors (Lipinski definition) is 3. The fourth-order valence-electron chi connectivity index (χ4n) is 8.65. The van der Waals surface area contributed by atoms with Crippen molar-refractivity contribution >= 4 is 11.8 Å². The fourth-order valence-corrected chi connectivity index (χ4v) is 8.65. The summed E-state index contributed by atoms with van der Waals surface area (Å²) in [6.07, 6.45) is 10.3. The van der Waals surface area contributed by atoms with E-state index in [1.54, 1.807) is 35.3 Å². The number of aliphatic hydroxyl groups is 2. The molecule has 2 aromatic rings. The van der Waals surface area contributed by atoms with Crippen molar-refractivity contribution in [2.24, 2.45) is 22.9 Å². The number of amides is 1. The van der Waals surface area contributed by atoms with E-state index >= 15 is 0 Å². The Morgan fingerprint density at radius 1 is 1.02 bits per heavy atom. The molecule has 0 spiro atoms. The van der Waals surface area contributed by atoms with E-state index in [2.05, 4.69) is 19.2 Å². The van der Waals surface area contributed by atoms with Gasteiger partial charge in [0.05, 0.1) is 24.8 Å². The highest BCUT2D eigenvalue weighted by molar-refractivity contribution is 6.03. The summed E-state index contributed by atoms with van der Waals surface area (Å²) in [4.78, 5) is 21.9. The number of phenolic OH excluding ortho intramolecular Hbond substituents is 1. The average Bonchev–Trinajstić information content (AvgIpc) is 3.65. The molecule has 2 aliphatic heterocycles. The Morgan fingerprint density at radius 3 is 2.56 bits per heavy atom.